The van der Waals surface area contributed by atoms with E-state index >= 15 is 0 Å². The molecule has 7 heteroatoms. The Labute approximate surface area is 161 Å². The van der Waals surface area contributed by atoms with Crippen molar-refractivity contribution >= 4 is 18.6 Å². The van der Waals surface area contributed by atoms with Crippen molar-refractivity contribution in [1.29, 1.82) is 0 Å². The maximum absolute atomic E-state index is 13.5. The van der Waals surface area contributed by atoms with Gasteiger partial charge >= 0.3 is 0 Å². The largest absolute Gasteiger partial charge is 0.326 e. The summed E-state index contributed by atoms with van der Waals surface area (Å²) in [6.07, 6.45) is 0. The van der Waals surface area contributed by atoms with Crippen LogP contribution in [0.25, 0.3) is 0 Å². The van der Waals surface area contributed by atoms with Crippen molar-refractivity contribution in [3.8, 4) is 0 Å². The summed E-state index contributed by atoms with van der Waals surface area (Å²) in [5.41, 5.74) is 29.2. The summed E-state index contributed by atoms with van der Waals surface area (Å²) in [7, 11) is -2.86. The molecule has 0 amide bonds. The summed E-state index contributed by atoms with van der Waals surface area (Å²) in [6.45, 7) is 6.40. The van der Waals surface area contributed by atoms with E-state index in [2.05, 4.69) is 0 Å². The van der Waals surface area contributed by atoms with Crippen molar-refractivity contribution in [2.24, 2.45) is 22.9 Å². The third-order valence-corrected chi connectivity index (χ3v) is 6.63. The van der Waals surface area contributed by atoms with Gasteiger partial charge in [-0.05, 0) is 54.2 Å². The van der Waals surface area contributed by atoms with Gasteiger partial charge in [0.05, 0.1) is 0 Å². The predicted octanol–water partition coefficient (Wildman–Crippen LogP) is 1.47. The van der Waals surface area contributed by atoms with Gasteiger partial charge in [0.2, 0.25) is 5.52 Å². The highest BCUT2D eigenvalue weighted by Gasteiger charge is 2.27. The van der Waals surface area contributed by atoms with Crippen molar-refractivity contribution in [2.75, 3.05) is 0 Å². The van der Waals surface area contributed by atoms with Crippen LogP contribution in [-0.2, 0) is 30.7 Å². The number of carbonyl (C=O) groups is 1. The SMILES string of the molecule is Cc1cc(C)c(C(=O)[PH](=O)c2c(CN)c(CN)cc(CN)c2CN)c(C)c1. The van der Waals surface area contributed by atoms with Gasteiger partial charge in [-0.2, -0.15) is 0 Å². The molecule has 2 aromatic rings. The summed E-state index contributed by atoms with van der Waals surface area (Å²) >= 11 is 0. The molecular weight excluding hydrogens is 359 g/mol. The van der Waals surface area contributed by atoms with Crippen molar-refractivity contribution in [3.63, 3.8) is 0 Å². The molecule has 0 saturated heterocycles. The summed E-state index contributed by atoms with van der Waals surface area (Å²) < 4.78 is 13.5. The summed E-state index contributed by atoms with van der Waals surface area (Å²) in [6, 6.07) is 5.70. The van der Waals surface area contributed by atoms with E-state index in [1.54, 1.807) is 0 Å². The van der Waals surface area contributed by atoms with Gasteiger partial charge in [0.25, 0.3) is 0 Å². The average molecular weight is 388 g/mol. The van der Waals surface area contributed by atoms with Crippen LogP contribution in [0.15, 0.2) is 18.2 Å². The first-order valence-electron chi connectivity index (χ1n) is 8.94. The molecule has 2 aromatic carbocycles. The smallest absolute Gasteiger partial charge is 0.223 e. The lowest BCUT2D eigenvalue weighted by Gasteiger charge is -2.20. The molecule has 0 fully saturated rings. The molecule has 27 heavy (non-hydrogen) atoms. The van der Waals surface area contributed by atoms with Crippen molar-refractivity contribution < 1.29 is 9.36 Å². The third-order valence-electron chi connectivity index (χ3n) is 4.91. The van der Waals surface area contributed by atoms with E-state index < -0.39 is 7.80 Å². The maximum atomic E-state index is 13.5. The second kappa shape index (κ2) is 8.91. The minimum atomic E-state index is -2.86. The lowest BCUT2D eigenvalue weighted by atomic mass is 9.97. The molecule has 0 bridgehead atoms. The molecule has 1 atom stereocenters. The molecule has 8 N–H and O–H groups in total. The molecule has 0 saturated carbocycles. The lowest BCUT2D eigenvalue weighted by Crippen LogP contribution is -2.26. The monoisotopic (exact) mass is 388 g/mol. The van der Waals surface area contributed by atoms with Crippen LogP contribution in [0, 0.1) is 20.8 Å². The van der Waals surface area contributed by atoms with Crippen LogP contribution in [-0.4, -0.2) is 5.52 Å². The van der Waals surface area contributed by atoms with Crippen LogP contribution in [0.2, 0.25) is 0 Å². The van der Waals surface area contributed by atoms with E-state index in [4.69, 9.17) is 22.9 Å². The third kappa shape index (κ3) is 4.05. The Kier molecular flexibility index (Phi) is 7.09. The van der Waals surface area contributed by atoms with Gasteiger partial charge in [0.1, 0.15) is 0 Å². The Morgan fingerprint density at radius 3 is 1.63 bits per heavy atom. The molecule has 0 aliphatic rings. The number of carbonyl (C=O) groups excluding carboxylic acids is 1. The molecule has 1 unspecified atom stereocenters. The maximum Gasteiger partial charge on any atom is 0.223 e. The fourth-order valence-corrected chi connectivity index (χ4v) is 5.68. The fourth-order valence-electron chi connectivity index (χ4n) is 3.76. The van der Waals surface area contributed by atoms with Crippen LogP contribution < -0.4 is 28.2 Å². The van der Waals surface area contributed by atoms with Gasteiger partial charge in [-0.15, -0.1) is 0 Å². The molecule has 6 nitrogen and oxygen atoms in total. The zero-order chi connectivity index (χ0) is 20.3. The zero-order valence-electron chi connectivity index (χ0n) is 16.2. The highest BCUT2D eigenvalue weighted by molar-refractivity contribution is 7.71. The first-order valence-corrected chi connectivity index (χ1v) is 10.3. The highest BCUT2D eigenvalue weighted by atomic mass is 31.1. The Bertz CT molecular complexity index is 856. The number of benzene rings is 2. The second-order valence-corrected chi connectivity index (χ2v) is 8.39. The fraction of sp³-hybridized carbons (Fsp3) is 0.350. The molecule has 0 aromatic heterocycles. The Hall–Kier alpha value is -1.82. The number of nitrogens with two attached hydrogens (primary N) is 4. The highest BCUT2D eigenvalue weighted by Crippen LogP contribution is 2.34. The number of hydrogen-bond donors (Lipinski definition) is 4. The molecular formula is C20H29N4O2P. The van der Waals surface area contributed by atoms with Crippen LogP contribution in [0.5, 0.6) is 0 Å². The molecule has 0 aliphatic carbocycles. The number of hydrogen-bond acceptors (Lipinski definition) is 6. The second-order valence-electron chi connectivity index (χ2n) is 6.78. The molecule has 146 valence electrons. The van der Waals surface area contributed by atoms with Crippen LogP contribution in [0.3, 0.4) is 0 Å². The molecule has 0 radical (unpaired) electrons. The normalized spacial score (nSPS) is 12.3. The quantitative estimate of drug-likeness (QED) is 0.530. The van der Waals surface area contributed by atoms with Gasteiger partial charge in [-0.1, -0.05) is 23.8 Å². The van der Waals surface area contributed by atoms with Gasteiger partial charge in [-0.3, -0.25) is 4.79 Å². The van der Waals surface area contributed by atoms with E-state index in [1.807, 2.05) is 39.0 Å². The zero-order valence-corrected chi connectivity index (χ0v) is 17.2. The van der Waals surface area contributed by atoms with Crippen LogP contribution in [0.4, 0.5) is 0 Å². The van der Waals surface area contributed by atoms with Gasteiger partial charge < -0.3 is 27.5 Å². The van der Waals surface area contributed by atoms with E-state index in [1.165, 1.54) is 0 Å². The van der Waals surface area contributed by atoms with Crippen molar-refractivity contribution in [3.05, 3.63) is 62.7 Å². The summed E-state index contributed by atoms with van der Waals surface area (Å²) in [5, 5.41) is 0.442. The first-order chi connectivity index (χ1) is 12.8. The Morgan fingerprint density at radius 1 is 0.815 bits per heavy atom. The van der Waals surface area contributed by atoms with Crippen molar-refractivity contribution in [1.82, 2.24) is 0 Å². The van der Waals surface area contributed by atoms with E-state index in [9.17, 15) is 9.36 Å². The van der Waals surface area contributed by atoms with E-state index in [-0.39, 0.29) is 31.7 Å². The van der Waals surface area contributed by atoms with Gasteiger partial charge in [0, 0.05) is 37.0 Å². The summed E-state index contributed by atoms with van der Waals surface area (Å²) in [5.74, 6) is 0. The van der Waals surface area contributed by atoms with E-state index in [0.717, 1.165) is 27.8 Å². The number of aryl methyl sites for hydroxylation is 3. The topological polar surface area (TPSA) is 138 Å². The van der Waals surface area contributed by atoms with E-state index in [0.29, 0.717) is 22.0 Å². The van der Waals surface area contributed by atoms with Crippen LogP contribution >= 0.6 is 7.80 Å². The predicted molar refractivity (Wildman–Crippen MR) is 112 cm³/mol. The average Bonchev–Trinajstić information content (AvgIpc) is 2.64. The van der Waals surface area contributed by atoms with Gasteiger partial charge in [0.15, 0.2) is 7.80 Å². The minimum absolute atomic E-state index is 0.134. The summed E-state index contributed by atoms with van der Waals surface area (Å²) in [4.78, 5) is 13.2. The standard InChI is InChI=1S/C20H29N4O2P/c1-11-4-12(2)18(13(3)5-11)20(25)27(26)19-16(9-23)14(7-21)6-15(8-22)17(19)10-24/h4-6,27H,7-10,21-24H2,1-3H3. The number of rotatable bonds is 7. The van der Waals surface area contributed by atoms with Crippen molar-refractivity contribution in [2.45, 2.75) is 47.0 Å². The Morgan fingerprint density at radius 2 is 1.26 bits per heavy atom. The lowest BCUT2D eigenvalue weighted by molar-refractivity contribution is 0.107. The molecule has 0 spiro atoms. The molecule has 0 aliphatic heterocycles. The molecule has 0 heterocycles. The first kappa shape index (κ1) is 21.5. The minimum Gasteiger partial charge on any atom is -0.326 e. The van der Waals surface area contributed by atoms with Crippen LogP contribution in [0.1, 0.15) is 49.3 Å². The Balaban J connectivity index is 2.73. The van der Waals surface area contributed by atoms with Gasteiger partial charge in [-0.25, -0.2) is 0 Å². The molecule has 2 rings (SSSR count).